The van der Waals surface area contributed by atoms with Crippen LogP contribution in [0.4, 0.5) is 11.5 Å². The molecular formula is C10H17N3S. The zero-order chi connectivity index (χ0) is 10.4. The summed E-state index contributed by atoms with van der Waals surface area (Å²) in [5.41, 5.74) is 6.40. The van der Waals surface area contributed by atoms with Gasteiger partial charge in [0.25, 0.3) is 0 Å². The van der Waals surface area contributed by atoms with E-state index in [-0.39, 0.29) is 0 Å². The lowest BCUT2D eigenvalue weighted by Crippen LogP contribution is -2.16. The Morgan fingerprint density at radius 3 is 3.07 bits per heavy atom. The Balaban J connectivity index is 2.43. The van der Waals surface area contributed by atoms with Gasteiger partial charge in [0.2, 0.25) is 0 Å². The molecule has 0 radical (unpaired) electrons. The normalized spacial score (nSPS) is 12.4. The van der Waals surface area contributed by atoms with E-state index < -0.39 is 0 Å². The second kappa shape index (κ2) is 5.75. The number of nitrogens with two attached hydrogens (primary N) is 1. The first-order chi connectivity index (χ1) is 6.72. The lowest BCUT2D eigenvalue weighted by atomic mass is 10.2. The second-order valence-electron chi connectivity index (χ2n) is 3.30. The number of rotatable bonds is 5. The molecule has 0 spiro atoms. The first kappa shape index (κ1) is 11.2. The summed E-state index contributed by atoms with van der Waals surface area (Å²) < 4.78 is 0. The van der Waals surface area contributed by atoms with Gasteiger partial charge in [-0.3, -0.25) is 0 Å². The van der Waals surface area contributed by atoms with E-state index in [9.17, 15) is 0 Å². The van der Waals surface area contributed by atoms with E-state index >= 15 is 0 Å². The first-order valence-corrected chi connectivity index (χ1v) is 6.08. The Labute approximate surface area is 89.5 Å². The lowest BCUT2D eigenvalue weighted by molar-refractivity contribution is 0.767. The zero-order valence-corrected chi connectivity index (χ0v) is 9.47. The van der Waals surface area contributed by atoms with Gasteiger partial charge < -0.3 is 11.1 Å². The molecule has 1 atom stereocenters. The Kier molecular flexibility index (Phi) is 4.59. The molecule has 4 heteroatoms. The number of hydrogen-bond acceptors (Lipinski definition) is 4. The average Bonchev–Trinajstić information content (AvgIpc) is 2.15. The summed E-state index contributed by atoms with van der Waals surface area (Å²) in [6.07, 6.45) is 4.97. The summed E-state index contributed by atoms with van der Waals surface area (Å²) in [6, 6.07) is 4.09. The number of pyridine rings is 1. The minimum atomic E-state index is 0.441. The van der Waals surface area contributed by atoms with Crippen LogP contribution in [-0.2, 0) is 0 Å². The van der Waals surface area contributed by atoms with Crippen molar-refractivity contribution in [2.75, 3.05) is 23.1 Å². The topological polar surface area (TPSA) is 50.9 Å². The number of anilines is 2. The minimum absolute atomic E-state index is 0.441. The minimum Gasteiger partial charge on any atom is -0.399 e. The van der Waals surface area contributed by atoms with Gasteiger partial charge in [-0.25, -0.2) is 4.98 Å². The van der Waals surface area contributed by atoms with Crippen LogP contribution in [0.2, 0.25) is 0 Å². The van der Waals surface area contributed by atoms with Crippen molar-refractivity contribution in [2.24, 2.45) is 0 Å². The summed E-state index contributed by atoms with van der Waals surface area (Å²) in [6.45, 7) is 2.15. The molecule has 0 fully saturated rings. The summed E-state index contributed by atoms with van der Waals surface area (Å²) in [5, 5.41) is 3.31. The highest BCUT2D eigenvalue weighted by Gasteiger charge is 2.01. The van der Waals surface area contributed by atoms with E-state index in [2.05, 4.69) is 23.5 Å². The molecule has 0 aromatic carbocycles. The summed E-state index contributed by atoms with van der Waals surface area (Å²) >= 11 is 1.86. The van der Waals surface area contributed by atoms with Crippen LogP contribution in [0.5, 0.6) is 0 Å². The number of hydrogen-bond donors (Lipinski definition) is 2. The standard InChI is InChI=1S/C10H17N3S/c1-8(4-6-14-2)13-10-7-9(11)3-5-12-10/h3,5,7-8H,4,6H2,1-2H3,(H3,11,12,13). The van der Waals surface area contributed by atoms with Gasteiger partial charge in [-0.15, -0.1) is 0 Å². The molecule has 1 aromatic heterocycles. The maximum absolute atomic E-state index is 5.65. The average molecular weight is 211 g/mol. The molecule has 0 aliphatic rings. The van der Waals surface area contributed by atoms with E-state index in [0.29, 0.717) is 6.04 Å². The predicted octanol–water partition coefficient (Wildman–Crippen LogP) is 2.22. The van der Waals surface area contributed by atoms with Gasteiger partial charge in [-0.05, 0) is 31.4 Å². The third kappa shape index (κ3) is 3.87. The maximum Gasteiger partial charge on any atom is 0.128 e. The van der Waals surface area contributed by atoms with Crippen LogP contribution in [0.15, 0.2) is 18.3 Å². The Hall–Kier alpha value is -0.900. The Morgan fingerprint density at radius 2 is 2.43 bits per heavy atom. The largest absolute Gasteiger partial charge is 0.399 e. The summed E-state index contributed by atoms with van der Waals surface area (Å²) in [4.78, 5) is 4.19. The fourth-order valence-electron chi connectivity index (χ4n) is 1.15. The van der Waals surface area contributed by atoms with E-state index in [1.54, 1.807) is 12.3 Å². The van der Waals surface area contributed by atoms with E-state index in [1.165, 1.54) is 0 Å². The van der Waals surface area contributed by atoms with Crippen molar-refractivity contribution in [3.05, 3.63) is 18.3 Å². The molecule has 3 nitrogen and oxygen atoms in total. The number of nitrogen functional groups attached to an aromatic ring is 1. The van der Waals surface area contributed by atoms with Gasteiger partial charge >= 0.3 is 0 Å². The molecule has 1 heterocycles. The van der Waals surface area contributed by atoms with Crippen LogP contribution < -0.4 is 11.1 Å². The lowest BCUT2D eigenvalue weighted by Gasteiger charge is -2.13. The molecule has 3 N–H and O–H groups in total. The van der Waals surface area contributed by atoms with Gasteiger partial charge in [-0.2, -0.15) is 11.8 Å². The molecule has 0 aliphatic heterocycles. The number of aromatic nitrogens is 1. The highest BCUT2D eigenvalue weighted by atomic mass is 32.2. The van der Waals surface area contributed by atoms with Crippen molar-refractivity contribution in [3.63, 3.8) is 0 Å². The van der Waals surface area contributed by atoms with Crippen molar-refractivity contribution >= 4 is 23.3 Å². The second-order valence-corrected chi connectivity index (χ2v) is 4.29. The Bertz CT molecular complexity index is 278. The number of thioether (sulfide) groups is 1. The fourth-order valence-corrected chi connectivity index (χ4v) is 1.73. The molecule has 0 saturated heterocycles. The summed E-state index contributed by atoms with van der Waals surface area (Å²) in [7, 11) is 0. The fraction of sp³-hybridized carbons (Fsp3) is 0.500. The molecule has 1 aromatic rings. The van der Waals surface area contributed by atoms with Crippen LogP contribution >= 0.6 is 11.8 Å². The quantitative estimate of drug-likeness (QED) is 0.784. The third-order valence-corrected chi connectivity index (χ3v) is 2.58. The van der Waals surface area contributed by atoms with Crippen LogP contribution in [0, 0.1) is 0 Å². The highest BCUT2D eigenvalue weighted by molar-refractivity contribution is 7.98. The Morgan fingerprint density at radius 1 is 1.64 bits per heavy atom. The van der Waals surface area contributed by atoms with Crippen molar-refractivity contribution in [2.45, 2.75) is 19.4 Å². The molecule has 14 heavy (non-hydrogen) atoms. The zero-order valence-electron chi connectivity index (χ0n) is 8.66. The van der Waals surface area contributed by atoms with Gasteiger partial charge in [0.05, 0.1) is 0 Å². The van der Waals surface area contributed by atoms with Crippen LogP contribution in [-0.4, -0.2) is 23.0 Å². The van der Waals surface area contributed by atoms with Gasteiger partial charge in [0, 0.05) is 24.0 Å². The monoisotopic (exact) mass is 211 g/mol. The smallest absolute Gasteiger partial charge is 0.128 e. The van der Waals surface area contributed by atoms with Crippen LogP contribution in [0.3, 0.4) is 0 Å². The third-order valence-electron chi connectivity index (χ3n) is 1.93. The number of nitrogens with zero attached hydrogens (tertiary/aromatic N) is 1. The van der Waals surface area contributed by atoms with Gasteiger partial charge in [0.15, 0.2) is 0 Å². The SMILES string of the molecule is CSCCC(C)Nc1cc(N)ccn1. The van der Waals surface area contributed by atoms with Crippen LogP contribution in [0.25, 0.3) is 0 Å². The highest BCUT2D eigenvalue weighted by Crippen LogP contribution is 2.11. The van der Waals surface area contributed by atoms with Gasteiger partial charge in [-0.1, -0.05) is 0 Å². The number of nitrogens with one attached hydrogen (secondary N) is 1. The molecule has 0 bridgehead atoms. The predicted molar refractivity (Wildman–Crippen MR) is 64.7 cm³/mol. The van der Waals surface area contributed by atoms with E-state index in [0.717, 1.165) is 23.7 Å². The van der Waals surface area contributed by atoms with Crippen LogP contribution in [0.1, 0.15) is 13.3 Å². The summed E-state index contributed by atoms with van der Waals surface area (Å²) in [5.74, 6) is 2.02. The van der Waals surface area contributed by atoms with E-state index in [4.69, 9.17) is 5.73 Å². The molecule has 1 unspecified atom stereocenters. The maximum atomic E-state index is 5.65. The molecule has 0 saturated carbocycles. The molecule has 1 rings (SSSR count). The van der Waals surface area contributed by atoms with Crippen molar-refractivity contribution in [1.29, 1.82) is 0 Å². The van der Waals surface area contributed by atoms with E-state index in [1.807, 2.05) is 17.8 Å². The molecule has 78 valence electrons. The van der Waals surface area contributed by atoms with Crippen molar-refractivity contribution in [1.82, 2.24) is 4.98 Å². The molecule has 0 aliphatic carbocycles. The molecule has 0 amide bonds. The van der Waals surface area contributed by atoms with Crippen molar-refractivity contribution in [3.8, 4) is 0 Å². The van der Waals surface area contributed by atoms with Gasteiger partial charge in [0.1, 0.15) is 5.82 Å². The first-order valence-electron chi connectivity index (χ1n) is 4.69. The molecular weight excluding hydrogens is 194 g/mol. The van der Waals surface area contributed by atoms with Crippen molar-refractivity contribution < 1.29 is 0 Å².